The highest BCUT2D eigenvalue weighted by Gasteiger charge is 2.31. The lowest BCUT2D eigenvalue weighted by molar-refractivity contribution is -0.274. The van der Waals surface area contributed by atoms with Gasteiger partial charge in [-0.15, -0.1) is 13.2 Å². The Morgan fingerprint density at radius 2 is 1.78 bits per heavy atom. The Balaban J connectivity index is 1.96. The molecule has 1 aromatic carbocycles. The quantitative estimate of drug-likeness (QED) is 0.798. The highest BCUT2D eigenvalue weighted by atomic mass is 19.4. The molecule has 0 saturated heterocycles. The van der Waals surface area contributed by atoms with E-state index >= 15 is 0 Å². The average molecular weight is 383 g/mol. The summed E-state index contributed by atoms with van der Waals surface area (Å²) in [5, 5.41) is 0. The third kappa shape index (κ3) is 4.04. The molecule has 0 aliphatic carbocycles. The Kier molecular flexibility index (Phi) is 4.81. The molecule has 0 N–H and O–H groups in total. The Labute approximate surface area is 151 Å². The number of fused-ring (bicyclic) bond motifs is 1. The molecule has 1 aliphatic heterocycles. The second-order valence-electron chi connectivity index (χ2n) is 5.99. The molecule has 1 aliphatic rings. The number of hydrogen-bond acceptors (Lipinski definition) is 5. The minimum Gasteiger partial charge on any atom is -0.443 e. The van der Waals surface area contributed by atoms with Crippen molar-refractivity contribution in [2.75, 3.05) is 0 Å². The molecular formula is C17H16F3N3O4. The minimum absolute atomic E-state index is 0.104. The molecule has 1 aromatic heterocycles. The first-order valence-corrected chi connectivity index (χ1v) is 8.06. The standard InChI is InChI=1S/C17H16F3N3O4/c1-22-14-12(15(24)23(2)16(22)25)7-4-8-13(21-14)26-10-5-3-6-11(9-10)27-17(18,19)20/h3,5-6,9H,4,7-8H2,1-2H3. The maximum atomic E-state index is 12.4. The van der Waals surface area contributed by atoms with Gasteiger partial charge in [0.2, 0.25) is 0 Å². The van der Waals surface area contributed by atoms with Gasteiger partial charge in [-0.3, -0.25) is 13.9 Å². The molecule has 0 atom stereocenters. The second kappa shape index (κ2) is 6.93. The number of rotatable bonds is 2. The Bertz CT molecular complexity index is 1020. The fourth-order valence-electron chi connectivity index (χ4n) is 2.80. The van der Waals surface area contributed by atoms with Crippen molar-refractivity contribution < 1.29 is 22.6 Å². The van der Waals surface area contributed by atoms with E-state index in [1.807, 2.05) is 0 Å². The van der Waals surface area contributed by atoms with Gasteiger partial charge in [0.25, 0.3) is 5.56 Å². The smallest absolute Gasteiger partial charge is 0.443 e. The molecule has 0 spiro atoms. The third-order valence-corrected chi connectivity index (χ3v) is 4.05. The number of nitrogens with zero attached hydrogens (tertiary/aromatic N) is 3. The zero-order valence-corrected chi connectivity index (χ0v) is 14.5. The molecule has 0 radical (unpaired) electrons. The largest absolute Gasteiger partial charge is 0.573 e. The molecule has 0 amide bonds. The van der Waals surface area contributed by atoms with Crippen LogP contribution in [0.1, 0.15) is 18.4 Å². The van der Waals surface area contributed by atoms with Crippen molar-refractivity contribution in [3.63, 3.8) is 0 Å². The van der Waals surface area contributed by atoms with E-state index < -0.39 is 23.4 Å². The van der Waals surface area contributed by atoms with Gasteiger partial charge in [-0.05, 0) is 25.0 Å². The molecule has 27 heavy (non-hydrogen) atoms. The van der Waals surface area contributed by atoms with Crippen LogP contribution in [0, 0.1) is 0 Å². The number of alkyl halides is 3. The predicted molar refractivity (Wildman–Crippen MR) is 90.7 cm³/mol. The number of aliphatic imine (C=N–C) groups is 1. The normalized spacial score (nSPS) is 14.2. The summed E-state index contributed by atoms with van der Waals surface area (Å²) in [4.78, 5) is 28.7. The van der Waals surface area contributed by atoms with E-state index in [0.29, 0.717) is 24.8 Å². The topological polar surface area (TPSA) is 74.8 Å². The first-order valence-electron chi connectivity index (χ1n) is 8.06. The van der Waals surface area contributed by atoms with Crippen LogP contribution in [0.15, 0.2) is 38.8 Å². The molecule has 10 heteroatoms. The van der Waals surface area contributed by atoms with Crippen LogP contribution < -0.4 is 20.7 Å². The zero-order valence-electron chi connectivity index (χ0n) is 14.5. The molecule has 0 bridgehead atoms. The molecule has 144 valence electrons. The van der Waals surface area contributed by atoms with Crippen molar-refractivity contribution in [2.45, 2.75) is 25.6 Å². The van der Waals surface area contributed by atoms with Gasteiger partial charge in [0.1, 0.15) is 17.3 Å². The first kappa shape index (κ1) is 18.7. The number of aromatic nitrogens is 2. The lowest BCUT2D eigenvalue weighted by atomic mass is 10.1. The van der Waals surface area contributed by atoms with Gasteiger partial charge in [0.05, 0.1) is 5.56 Å². The highest BCUT2D eigenvalue weighted by molar-refractivity contribution is 5.82. The van der Waals surface area contributed by atoms with Crippen molar-refractivity contribution in [3.8, 4) is 11.5 Å². The fourth-order valence-corrected chi connectivity index (χ4v) is 2.80. The third-order valence-electron chi connectivity index (χ3n) is 4.05. The van der Waals surface area contributed by atoms with E-state index in [2.05, 4.69) is 9.73 Å². The van der Waals surface area contributed by atoms with Crippen molar-refractivity contribution in [3.05, 3.63) is 50.7 Å². The van der Waals surface area contributed by atoms with Gasteiger partial charge in [-0.25, -0.2) is 4.79 Å². The van der Waals surface area contributed by atoms with Gasteiger partial charge < -0.3 is 9.47 Å². The van der Waals surface area contributed by atoms with Crippen LogP contribution in [0.3, 0.4) is 0 Å². The summed E-state index contributed by atoms with van der Waals surface area (Å²) < 4.78 is 48.8. The Morgan fingerprint density at radius 1 is 1.07 bits per heavy atom. The Hall–Kier alpha value is -3.04. The lowest BCUT2D eigenvalue weighted by Crippen LogP contribution is -2.38. The summed E-state index contributed by atoms with van der Waals surface area (Å²) in [6.07, 6.45) is -3.51. The summed E-state index contributed by atoms with van der Waals surface area (Å²) in [5.74, 6) is 0.0723. The van der Waals surface area contributed by atoms with Gasteiger partial charge >= 0.3 is 12.1 Å². The number of ether oxygens (including phenoxy) is 2. The summed E-state index contributed by atoms with van der Waals surface area (Å²) in [6, 6.07) is 5.05. The zero-order chi connectivity index (χ0) is 19.8. The lowest BCUT2D eigenvalue weighted by Gasteiger charge is -2.12. The minimum atomic E-state index is -4.81. The molecular weight excluding hydrogens is 367 g/mol. The van der Waals surface area contributed by atoms with E-state index in [4.69, 9.17) is 4.74 Å². The summed E-state index contributed by atoms with van der Waals surface area (Å²) in [7, 11) is 2.88. The molecule has 2 heterocycles. The monoisotopic (exact) mass is 383 g/mol. The SMILES string of the molecule is Cn1c2c(c(=O)n(C)c1=O)CCCC(Oc1cccc(OC(F)(F)F)c1)=N2. The van der Waals surface area contributed by atoms with E-state index in [0.717, 1.165) is 16.7 Å². The van der Waals surface area contributed by atoms with Crippen LogP contribution in [0.4, 0.5) is 19.0 Å². The van der Waals surface area contributed by atoms with Gasteiger partial charge in [-0.2, -0.15) is 4.99 Å². The average Bonchev–Trinajstić information content (AvgIpc) is 2.79. The maximum absolute atomic E-state index is 12.4. The number of halogens is 3. The Morgan fingerprint density at radius 3 is 2.48 bits per heavy atom. The summed E-state index contributed by atoms with van der Waals surface area (Å²) >= 11 is 0. The summed E-state index contributed by atoms with van der Waals surface area (Å²) in [6.45, 7) is 0. The van der Waals surface area contributed by atoms with Crippen molar-refractivity contribution >= 4 is 11.7 Å². The van der Waals surface area contributed by atoms with E-state index in [1.54, 1.807) is 0 Å². The summed E-state index contributed by atoms with van der Waals surface area (Å²) in [5.41, 5.74) is -0.546. The molecule has 0 saturated carbocycles. The van der Waals surface area contributed by atoms with Crippen molar-refractivity contribution in [1.82, 2.24) is 9.13 Å². The highest BCUT2D eigenvalue weighted by Crippen LogP contribution is 2.27. The molecule has 2 aromatic rings. The van der Waals surface area contributed by atoms with Crippen LogP contribution in [0.2, 0.25) is 0 Å². The van der Waals surface area contributed by atoms with Crippen molar-refractivity contribution in [2.24, 2.45) is 19.1 Å². The predicted octanol–water partition coefficient (Wildman–Crippen LogP) is 2.43. The van der Waals surface area contributed by atoms with Gasteiger partial charge in [0.15, 0.2) is 5.90 Å². The molecule has 0 fully saturated rings. The van der Waals surface area contributed by atoms with E-state index in [-0.39, 0.29) is 17.5 Å². The van der Waals surface area contributed by atoms with Crippen LogP contribution >= 0.6 is 0 Å². The fraction of sp³-hybridized carbons (Fsp3) is 0.353. The second-order valence-corrected chi connectivity index (χ2v) is 5.99. The number of hydrogen-bond donors (Lipinski definition) is 0. The van der Waals surface area contributed by atoms with Crippen LogP contribution in [0.5, 0.6) is 11.5 Å². The molecule has 0 unspecified atom stereocenters. The van der Waals surface area contributed by atoms with E-state index in [1.165, 1.54) is 30.8 Å². The van der Waals surface area contributed by atoms with E-state index in [9.17, 15) is 22.8 Å². The van der Waals surface area contributed by atoms with Gasteiger partial charge in [-0.1, -0.05) is 6.07 Å². The van der Waals surface area contributed by atoms with Crippen molar-refractivity contribution in [1.29, 1.82) is 0 Å². The number of benzene rings is 1. The van der Waals surface area contributed by atoms with Crippen LogP contribution in [-0.4, -0.2) is 21.4 Å². The van der Waals surface area contributed by atoms with Crippen LogP contribution in [-0.2, 0) is 20.5 Å². The van der Waals surface area contributed by atoms with Crippen LogP contribution in [0.25, 0.3) is 0 Å². The maximum Gasteiger partial charge on any atom is 0.573 e. The molecule has 3 rings (SSSR count). The van der Waals surface area contributed by atoms with Gasteiger partial charge in [0, 0.05) is 26.6 Å². The first-order chi connectivity index (χ1) is 12.7. The molecule has 7 nitrogen and oxygen atoms in total.